The number of hydrogen-bond donors (Lipinski definition) is 1. The second kappa shape index (κ2) is 6.87. The Balaban J connectivity index is 1.73. The highest BCUT2D eigenvalue weighted by atomic mass is 16.6. The zero-order valence-corrected chi connectivity index (χ0v) is 15.9. The molecule has 0 aliphatic carbocycles. The standard InChI is InChI=1S/C20H31N3O2/c1-14-11-15(9-10-21)5-8-18(14)22-12-16-6-7-17(13-22)23(16)19(24)25-20(2,3)4/h5,8,11,16-17H,6-7,9-10,12-13,21H2,1-4H3. The van der Waals surface area contributed by atoms with E-state index in [1.54, 1.807) is 0 Å². The van der Waals surface area contributed by atoms with Crippen molar-refractivity contribution in [2.24, 2.45) is 5.73 Å². The van der Waals surface area contributed by atoms with Gasteiger partial charge >= 0.3 is 6.09 Å². The molecule has 2 saturated heterocycles. The van der Waals surface area contributed by atoms with Crippen molar-refractivity contribution in [2.75, 3.05) is 24.5 Å². The molecule has 2 atom stereocenters. The van der Waals surface area contributed by atoms with Gasteiger partial charge in [-0.1, -0.05) is 12.1 Å². The molecule has 2 unspecified atom stereocenters. The number of amides is 1. The van der Waals surface area contributed by atoms with Crippen molar-refractivity contribution in [1.82, 2.24) is 4.90 Å². The highest BCUT2D eigenvalue weighted by molar-refractivity contribution is 5.70. The van der Waals surface area contributed by atoms with Gasteiger partial charge < -0.3 is 15.4 Å². The van der Waals surface area contributed by atoms with Crippen LogP contribution in [0.15, 0.2) is 18.2 Å². The second-order valence-corrected chi connectivity index (χ2v) is 8.34. The fourth-order valence-electron chi connectivity index (χ4n) is 4.11. The summed E-state index contributed by atoms with van der Waals surface area (Å²) in [5, 5.41) is 0. The topological polar surface area (TPSA) is 58.8 Å². The van der Waals surface area contributed by atoms with Crippen LogP contribution in [0, 0.1) is 6.92 Å². The van der Waals surface area contributed by atoms with E-state index in [2.05, 4.69) is 30.0 Å². The molecule has 2 aliphatic heterocycles. The maximum absolute atomic E-state index is 12.6. The second-order valence-electron chi connectivity index (χ2n) is 8.34. The van der Waals surface area contributed by atoms with Gasteiger partial charge in [-0.3, -0.25) is 4.90 Å². The predicted molar refractivity (Wildman–Crippen MR) is 101 cm³/mol. The molecule has 138 valence electrons. The molecule has 2 bridgehead atoms. The van der Waals surface area contributed by atoms with Crippen molar-refractivity contribution in [1.29, 1.82) is 0 Å². The minimum absolute atomic E-state index is 0.158. The van der Waals surface area contributed by atoms with Gasteiger partial charge in [-0.15, -0.1) is 0 Å². The maximum Gasteiger partial charge on any atom is 0.410 e. The van der Waals surface area contributed by atoms with Gasteiger partial charge in [0.2, 0.25) is 0 Å². The average Bonchev–Trinajstić information content (AvgIpc) is 2.77. The van der Waals surface area contributed by atoms with E-state index in [-0.39, 0.29) is 18.2 Å². The van der Waals surface area contributed by atoms with Crippen LogP contribution in [-0.2, 0) is 11.2 Å². The van der Waals surface area contributed by atoms with E-state index in [1.165, 1.54) is 16.8 Å². The molecule has 2 heterocycles. The van der Waals surface area contributed by atoms with Gasteiger partial charge in [0.25, 0.3) is 0 Å². The van der Waals surface area contributed by atoms with Crippen molar-refractivity contribution in [3.05, 3.63) is 29.3 Å². The van der Waals surface area contributed by atoms with Gasteiger partial charge in [0.05, 0.1) is 12.1 Å². The summed E-state index contributed by atoms with van der Waals surface area (Å²) in [6.07, 6.45) is 2.88. The Morgan fingerprint density at radius 3 is 2.40 bits per heavy atom. The Hall–Kier alpha value is -1.75. The van der Waals surface area contributed by atoms with E-state index >= 15 is 0 Å². The fraction of sp³-hybridized carbons (Fsp3) is 0.650. The third-order valence-corrected chi connectivity index (χ3v) is 5.12. The molecule has 0 saturated carbocycles. The van der Waals surface area contributed by atoms with Gasteiger partial charge in [-0.05, 0) is 70.7 Å². The Bertz CT molecular complexity index is 624. The molecule has 1 amide bonds. The van der Waals surface area contributed by atoms with Crippen molar-refractivity contribution in [2.45, 2.75) is 64.6 Å². The van der Waals surface area contributed by atoms with Crippen LogP contribution in [0.2, 0.25) is 0 Å². The lowest BCUT2D eigenvalue weighted by atomic mass is 10.0. The first-order valence-corrected chi connectivity index (χ1v) is 9.34. The first-order chi connectivity index (χ1) is 11.8. The fourth-order valence-corrected chi connectivity index (χ4v) is 4.11. The van der Waals surface area contributed by atoms with Gasteiger partial charge in [-0.25, -0.2) is 4.79 Å². The van der Waals surface area contributed by atoms with Crippen LogP contribution in [0.3, 0.4) is 0 Å². The molecule has 25 heavy (non-hydrogen) atoms. The molecule has 0 aromatic heterocycles. The van der Waals surface area contributed by atoms with Crippen LogP contribution >= 0.6 is 0 Å². The van der Waals surface area contributed by atoms with E-state index < -0.39 is 5.60 Å². The quantitative estimate of drug-likeness (QED) is 0.914. The Morgan fingerprint density at radius 1 is 1.24 bits per heavy atom. The van der Waals surface area contributed by atoms with Gasteiger partial charge in [-0.2, -0.15) is 0 Å². The van der Waals surface area contributed by atoms with Crippen LogP contribution in [0.1, 0.15) is 44.7 Å². The molecule has 1 aromatic carbocycles. The molecule has 5 nitrogen and oxygen atoms in total. The number of benzene rings is 1. The molecular weight excluding hydrogens is 314 g/mol. The monoisotopic (exact) mass is 345 g/mol. The first-order valence-electron chi connectivity index (χ1n) is 9.34. The summed E-state index contributed by atoms with van der Waals surface area (Å²) >= 11 is 0. The normalized spacial score (nSPS) is 23.1. The number of fused-ring (bicyclic) bond motifs is 2. The minimum Gasteiger partial charge on any atom is -0.444 e. The van der Waals surface area contributed by atoms with E-state index in [0.29, 0.717) is 6.54 Å². The molecule has 2 N–H and O–H groups in total. The number of carbonyl (C=O) groups is 1. The van der Waals surface area contributed by atoms with Crippen LogP contribution in [0.25, 0.3) is 0 Å². The van der Waals surface area contributed by atoms with Crippen molar-refractivity contribution < 1.29 is 9.53 Å². The Kier molecular flexibility index (Phi) is 4.96. The summed E-state index contributed by atoms with van der Waals surface area (Å²) in [7, 11) is 0. The van der Waals surface area contributed by atoms with Gasteiger partial charge in [0, 0.05) is 18.8 Å². The molecule has 1 aromatic rings. The Morgan fingerprint density at radius 2 is 1.88 bits per heavy atom. The Labute approximate surface area is 151 Å². The largest absolute Gasteiger partial charge is 0.444 e. The number of piperazine rings is 1. The number of ether oxygens (including phenoxy) is 1. The number of hydrogen-bond acceptors (Lipinski definition) is 4. The molecule has 2 fully saturated rings. The third-order valence-electron chi connectivity index (χ3n) is 5.12. The summed E-state index contributed by atoms with van der Waals surface area (Å²) < 4.78 is 5.62. The smallest absolute Gasteiger partial charge is 0.410 e. The summed E-state index contributed by atoms with van der Waals surface area (Å²) in [5.74, 6) is 0. The summed E-state index contributed by atoms with van der Waals surface area (Å²) in [6.45, 7) is 10.4. The molecule has 3 rings (SSSR count). The first kappa shape index (κ1) is 18.1. The van der Waals surface area contributed by atoms with Gasteiger partial charge in [0.15, 0.2) is 0 Å². The van der Waals surface area contributed by atoms with E-state index in [9.17, 15) is 4.79 Å². The number of rotatable bonds is 3. The van der Waals surface area contributed by atoms with Crippen LogP contribution in [0.5, 0.6) is 0 Å². The van der Waals surface area contributed by atoms with Crippen molar-refractivity contribution in [3.8, 4) is 0 Å². The number of aryl methyl sites for hydroxylation is 1. The van der Waals surface area contributed by atoms with Gasteiger partial charge in [0.1, 0.15) is 5.60 Å². The number of nitrogens with zero attached hydrogens (tertiary/aromatic N) is 2. The molecular formula is C20H31N3O2. The van der Waals surface area contributed by atoms with Crippen LogP contribution in [0.4, 0.5) is 10.5 Å². The summed E-state index contributed by atoms with van der Waals surface area (Å²) in [4.78, 5) is 17.0. The molecule has 0 radical (unpaired) electrons. The van der Waals surface area contributed by atoms with E-state index in [4.69, 9.17) is 10.5 Å². The van der Waals surface area contributed by atoms with Crippen LogP contribution < -0.4 is 10.6 Å². The highest BCUT2D eigenvalue weighted by Gasteiger charge is 2.44. The lowest BCUT2D eigenvalue weighted by molar-refractivity contribution is 0.0123. The summed E-state index contributed by atoms with van der Waals surface area (Å²) in [6, 6.07) is 7.12. The van der Waals surface area contributed by atoms with Crippen LogP contribution in [-0.4, -0.2) is 48.3 Å². The lowest BCUT2D eigenvalue weighted by Crippen LogP contribution is -2.56. The van der Waals surface area contributed by atoms with Crippen molar-refractivity contribution >= 4 is 11.8 Å². The number of carbonyl (C=O) groups excluding carboxylic acids is 1. The number of nitrogens with two attached hydrogens (primary N) is 1. The highest BCUT2D eigenvalue weighted by Crippen LogP contribution is 2.35. The zero-order valence-electron chi connectivity index (χ0n) is 15.9. The number of anilines is 1. The predicted octanol–water partition coefficient (Wildman–Crippen LogP) is 3.08. The molecule has 0 spiro atoms. The average molecular weight is 345 g/mol. The van der Waals surface area contributed by atoms with E-state index in [0.717, 1.165) is 32.4 Å². The summed E-state index contributed by atoms with van der Waals surface area (Å²) in [5.41, 5.74) is 9.08. The minimum atomic E-state index is -0.441. The zero-order chi connectivity index (χ0) is 18.2. The lowest BCUT2D eigenvalue weighted by Gasteiger charge is -2.42. The van der Waals surface area contributed by atoms with E-state index in [1.807, 2.05) is 25.7 Å². The third kappa shape index (κ3) is 3.92. The SMILES string of the molecule is Cc1cc(CCN)ccc1N1CC2CCC(C1)N2C(=O)OC(C)(C)C. The molecule has 2 aliphatic rings. The molecule has 5 heteroatoms. The maximum atomic E-state index is 12.6. The van der Waals surface area contributed by atoms with Crippen molar-refractivity contribution in [3.63, 3.8) is 0 Å².